The van der Waals surface area contributed by atoms with Gasteiger partial charge in [-0.15, -0.1) is 0 Å². The number of carboxylic acid groups (broad SMARTS) is 1. The Bertz CT molecular complexity index is 874. The highest BCUT2D eigenvalue weighted by Gasteiger charge is 2.11. The third-order valence-corrected chi connectivity index (χ3v) is 3.71. The second-order valence-corrected chi connectivity index (χ2v) is 5.61. The van der Waals surface area contributed by atoms with Gasteiger partial charge in [0.1, 0.15) is 0 Å². The molecule has 2 aromatic rings. The topological polar surface area (TPSA) is 98.6 Å². The molecule has 26 heavy (non-hydrogen) atoms. The zero-order valence-electron chi connectivity index (χ0n) is 15.1. The van der Waals surface area contributed by atoms with Crippen LogP contribution in [0, 0.1) is 20.8 Å². The molecule has 1 heterocycles. The molecular formula is C19H20N2O5. The Morgan fingerprint density at radius 2 is 1.77 bits per heavy atom. The number of aryl methyl sites for hydroxylation is 3. The van der Waals surface area contributed by atoms with Crippen LogP contribution in [0.25, 0.3) is 6.08 Å². The first-order chi connectivity index (χ1) is 12.3. The number of rotatable bonds is 7. The summed E-state index contributed by atoms with van der Waals surface area (Å²) in [4.78, 5) is 31.8. The molecule has 0 amide bonds. The van der Waals surface area contributed by atoms with E-state index in [-0.39, 0.29) is 17.3 Å². The van der Waals surface area contributed by atoms with Crippen molar-refractivity contribution in [2.45, 2.75) is 20.8 Å². The fourth-order valence-corrected chi connectivity index (χ4v) is 2.22. The molecule has 0 unspecified atom stereocenters. The lowest BCUT2D eigenvalue weighted by Gasteiger charge is -2.10. The monoisotopic (exact) mass is 356 g/mol. The Kier molecular flexibility index (Phi) is 6.06. The summed E-state index contributed by atoms with van der Waals surface area (Å²) in [7, 11) is 1.42. The summed E-state index contributed by atoms with van der Waals surface area (Å²) in [6.07, 6.45) is 3.04. The molecular weight excluding hydrogens is 336 g/mol. The van der Waals surface area contributed by atoms with Crippen LogP contribution in [0.2, 0.25) is 0 Å². The number of aliphatic carboxylic acids is 1. The summed E-state index contributed by atoms with van der Waals surface area (Å²) < 4.78 is 10.3. The minimum absolute atomic E-state index is 0.243. The lowest BCUT2D eigenvalue weighted by atomic mass is 10.1. The van der Waals surface area contributed by atoms with Crippen LogP contribution in [-0.4, -0.2) is 40.5 Å². The Labute approximate surface area is 151 Å². The summed E-state index contributed by atoms with van der Waals surface area (Å²) >= 11 is 0. The quantitative estimate of drug-likeness (QED) is 0.601. The van der Waals surface area contributed by atoms with Crippen molar-refractivity contribution in [1.29, 1.82) is 0 Å². The van der Waals surface area contributed by atoms with Crippen LogP contribution in [0.4, 0.5) is 0 Å². The Hall–Kier alpha value is -3.22. The van der Waals surface area contributed by atoms with Crippen molar-refractivity contribution in [1.82, 2.24) is 9.97 Å². The third-order valence-electron chi connectivity index (χ3n) is 3.71. The largest absolute Gasteiger partial charge is 0.493 e. The van der Waals surface area contributed by atoms with Gasteiger partial charge in [-0.25, -0.2) is 9.78 Å². The number of carboxylic acids is 1. The van der Waals surface area contributed by atoms with E-state index < -0.39 is 12.6 Å². The standard InChI is InChI=1S/C19H20N2O5/c1-11-12(2)21-15(13(3)20-11)6-7-16(22)14-5-8-17(18(9-14)25-4)26-10-19(23)24/h5-9H,10H2,1-4H3,(H,23,24)/b7-6+. The number of nitrogens with zero attached hydrogens (tertiary/aromatic N) is 2. The average Bonchev–Trinajstić information content (AvgIpc) is 2.61. The number of ether oxygens (including phenoxy) is 2. The molecule has 0 radical (unpaired) electrons. The Balaban J connectivity index is 2.21. The summed E-state index contributed by atoms with van der Waals surface area (Å²) in [6.45, 7) is 5.09. The number of allylic oxidation sites excluding steroid dienone is 1. The normalized spacial score (nSPS) is 10.8. The van der Waals surface area contributed by atoms with Crippen molar-refractivity contribution in [3.63, 3.8) is 0 Å². The number of hydrogen-bond donors (Lipinski definition) is 1. The van der Waals surface area contributed by atoms with Gasteiger partial charge in [-0.05, 0) is 51.1 Å². The SMILES string of the molecule is COc1cc(C(=O)/C=C/c2nc(C)c(C)nc2C)ccc1OCC(=O)O. The van der Waals surface area contributed by atoms with Gasteiger partial charge >= 0.3 is 5.97 Å². The van der Waals surface area contributed by atoms with Crippen LogP contribution in [0.1, 0.15) is 33.1 Å². The molecule has 0 saturated heterocycles. The number of carbonyl (C=O) groups is 2. The summed E-state index contributed by atoms with van der Waals surface area (Å²) in [5.74, 6) is -0.800. The lowest BCUT2D eigenvalue weighted by Crippen LogP contribution is -2.10. The molecule has 0 spiro atoms. The van der Waals surface area contributed by atoms with Crippen LogP contribution in [-0.2, 0) is 4.79 Å². The van der Waals surface area contributed by atoms with Gasteiger partial charge in [-0.2, -0.15) is 0 Å². The van der Waals surface area contributed by atoms with E-state index in [1.165, 1.54) is 25.3 Å². The molecule has 0 atom stereocenters. The molecule has 7 nitrogen and oxygen atoms in total. The smallest absolute Gasteiger partial charge is 0.341 e. The number of aromatic nitrogens is 2. The van der Waals surface area contributed by atoms with Gasteiger partial charge in [0.2, 0.25) is 0 Å². The molecule has 0 aliphatic carbocycles. The van der Waals surface area contributed by atoms with E-state index in [0.29, 0.717) is 11.3 Å². The highest BCUT2D eigenvalue weighted by atomic mass is 16.5. The van der Waals surface area contributed by atoms with E-state index in [0.717, 1.165) is 17.1 Å². The summed E-state index contributed by atoms with van der Waals surface area (Å²) in [5.41, 5.74) is 3.43. The van der Waals surface area contributed by atoms with E-state index in [4.69, 9.17) is 14.6 Å². The van der Waals surface area contributed by atoms with Gasteiger partial charge < -0.3 is 14.6 Å². The molecule has 1 N–H and O–H groups in total. The predicted molar refractivity (Wildman–Crippen MR) is 95.7 cm³/mol. The van der Waals surface area contributed by atoms with Crippen LogP contribution < -0.4 is 9.47 Å². The number of hydrogen-bond acceptors (Lipinski definition) is 6. The van der Waals surface area contributed by atoms with Gasteiger partial charge in [0.25, 0.3) is 0 Å². The van der Waals surface area contributed by atoms with Gasteiger partial charge in [0, 0.05) is 5.56 Å². The van der Waals surface area contributed by atoms with Crippen LogP contribution in [0.3, 0.4) is 0 Å². The van der Waals surface area contributed by atoms with Crippen LogP contribution in [0.15, 0.2) is 24.3 Å². The van der Waals surface area contributed by atoms with Crippen molar-refractivity contribution >= 4 is 17.8 Å². The number of methoxy groups -OCH3 is 1. The molecule has 0 aliphatic rings. The van der Waals surface area contributed by atoms with E-state index in [1.54, 1.807) is 12.1 Å². The molecule has 0 aliphatic heterocycles. The number of carbonyl (C=O) groups excluding carboxylic acids is 1. The first-order valence-corrected chi connectivity index (χ1v) is 7.88. The number of benzene rings is 1. The molecule has 0 bridgehead atoms. The molecule has 2 rings (SSSR count). The molecule has 7 heteroatoms. The van der Waals surface area contributed by atoms with Crippen molar-refractivity contribution < 1.29 is 24.2 Å². The maximum atomic E-state index is 12.4. The zero-order valence-corrected chi connectivity index (χ0v) is 15.1. The summed E-state index contributed by atoms with van der Waals surface area (Å²) in [6, 6.07) is 4.55. The van der Waals surface area contributed by atoms with Crippen LogP contribution >= 0.6 is 0 Å². The van der Waals surface area contributed by atoms with Gasteiger partial charge in [-0.3, -0.25) is 9.78 Å². The first-order valence-electron chi connectivity index (χ1n) is 7.88. The Morgan fingerprint density at radius 3 is 2.42 bits per heavy atom. The van der Waals surface area contributed by atoms with Crippen molar-refractivity contribution in [3.8, 4) is 11.5 Å². The van der Waals surface area contributed by atoms with E-state index in [9.17, 15) is 9.59 Å². The average molecular weight is 356 g/mol. The maximum absolute atomic E-state index is 12.4. The minimum Gasteiger partial charge on any atom is -0.493 e. The van der Waals surface area contributed by atoms with Gasteiger partial charge in [-0.1, -0.05) is 0 Å². The maximum Gasteiger partial charge on any atom is 0.341 e. The third kappa shape index (κ3) is 4.66. The summed E-state index contributed by atoms with van der Waals surface area (Å²) in [5, 5.41) is 8.68. The highest BCUT2D eigenvalue weighted by molar-refractivity contribution is 6.07. The van der Waals surface area contributed by atoms with E-state index in [2.05, 4.69) is 9.97 Å². The molecule has 1 aromatic heterocycles. The van der Waals surface area contributed by atoms with Crippen molar-refractivity contribution in [2.24, 2.45) is 0 Å². The van der Waals surface area contributed by atoms with Gasteiger partial charge in [0.05, 0.1) is 29.9 Å². The Morgan fingerprint density at radius 1 is 1.08 bits per heavy atom. The number of ketones is 1. The van der Waals surface area contributed by atoms with Crippen molar-refractivity contribution in [2.75, 3.05) is 13.7 Å². The zero-order chi connectivity index (χ0) is 19.3. The lowest BCUT2D eigenvalue weighted by molar-refractivity contribution is -0.139. The molecule has 136 valence electrons. The predicted octanol–water partition coefficient (Wildman–Crippen LogP) is 2.77. The van der Waals surface area contributed by atoms with E-state index in [1.807, 2.05) is 20.8 Å². The van der Waals surface area contributed by atoms with Crippen LogP contribution in [0.5, 0.6) is 11.5 Å². The second kappa shape index (κ2) is 8.24. The molecule has 0 fully saturated rings. The fraction of sp³-hybridized carbons (Fsp3) is 0.263. The first kappa shape index (κ1) is 19.1. The highest BCUT2D eigenvalue weighted by Crippen LogP contribution is 2.28. The second-order valence-electron chi connectivity index (χ2n) is 5.61. The fourth-order valence-electron chi connectivity index (χ4n) is 2.22. The van der Waals surface area contributed by atoms with Crippen molar-refractivity contribution in [3.05, 3.63) is 52.6 Å². The van der Waals surface area contributed by atoms with Gasteiger partial charge in [0.15, 0.2) is 23.9 Å². The molecule has 0 saturated carbocycles. The minimum atomic E-state index is -1.10. The van der Waals surface area contributed by atoms with E-state index >= 15 is 0 Å². The molecule has 1 aromatic carbocycles.